The van der Waals surface area contributed by atoms with Crippen molar-refractivity contribution in [2.24, 2.45) is 0 Å². The zero-order valence-electron chi connectivity index (χ0n) is 12.2. The highest BCUT2D eigenvalue weighted by Gasteiger charge is 2.13. The molecule has 3 heteroatoms. The highest BCUT2D eigenvalue weighted by molar-refractivity contribution is 5.15. The fraction of sp³-hybridized carbons (Fsp3) is 0.786. The molecule has 17 heavy (non-hydrogen) atoms. The van der Waals surface area contributed by atoms with Crippen molar-refractivity contribution in [2.75, 3.05) is 0 Å². The largest absolute Gasteiger partial charge is 0.308 e. The molecular formula is C14H27N3. The summed E-state index contributed by atoms with van der Waals surface area (Å²) < 4.78 is 2.11. The van der Waals surface area contributed by atoms with E-state index in [9.17, 15) is 0 Å². The van der Waals surface area contributed by atoms with Gasteiger partial charge in [-0.25, -0.2) is 0 Å². The molecule has 1 rings (SSSR count). The van der Waals surface area contributed by atoms with Crippen LogP contribution in [0, 0.1) is 6.92 Å². The van der Waals surface area contributed by atoms with Crippen LogP contribution in [0.25, 0.3) is 0 Å². The fourth-order valence-electron chi connectivity index (χ4n) is 1.83. The van der Waals surface area contributed by atoms with E-state index in [0.29, 0.717) is 6.04 Å². The van der Waals surface area contributed by atoms with Crippen LogP contribution < -0.4 is 5.32 Å². The molecule has 0 fully saturated rings. The number of aromatic nitrogens is 2. The lowest BCUT2D eigenvalue weighted by Crippen LogP contribution is -2.35. The van der Waals surface area contributed by atoms with E-state index in [1.54, 1.807) is 0 Å². The molecule has 1 unspecified atom stereocenters. The maximum Gasteiger partial charge on any atom is 0.0638 e. The van der Waals surface area contributed by atoms with Gasteiger partial charge in [-0.2, -0.15) is 5.10 Å². The van der Waals surface area contributed by atoms with E-state index in [1.165, 1.54) is 18.4 Å². The molecule has 1 aromatic heterocycles. The van der Waals surface area contributed by atoms with E-state index in [2.05, 4.69) is 62.8 Å². The van der Waals surface area contributed by atoms with Gasteiger partial charge >= 0.3 is 0 Å². The summed E-state index contributed by atoms with van der Waals surface area (Å²) in [6.07, 6.45) is 4.58. The van der Waals surface area contributed by atoms with Crippen LogP contribution in [-0.2, 0) is 6.54 Å². The van der Waals surface area contributed by atoms with E-state index in [-0.39, 0.29) is 5.54 Å². The van der Waals surface area contributed by atoms with Crippen LogP contribution in [0.3, 0.4) is 0 Å². The minimum atomic E-state index is 0.156. The average Bonchev–Trinajstić information content (AvgIpc) is 2.56. The number of aryl methyl sites for hydroxylation is 1. The van der Waals surface area contributed by atoms with Gasteiger partial charge in [0.1, 0.15) is 0 Å². The van der Waals surface area contributed by atoms with Gasteiger partial charge in [-0.15, -0.1) is 0 Å². The molecule has 1 N–H and O–H groups in total. The SMILES string of the molecule is CCCC(C)n1cc(CNC(C)(C)C)c(C)n1. The first-order valence-electron chi connectivity index (χ1n) is 6.63. The Morgan fingerprint density at radius 1 is 1.41 bits per heavy atom. The lowest BCUT2D eigenvalue weighted by molar-refractivity contribution is 0.423. The first kappa shape index (κ1) is 14.2. The molecule has 3 nitrogen and oxygen atoms in total. The number of hydrogen-bond donors (Lipinski definition) is 1. The Morgan fingerprint density at radius 2 is 2.06 bits per heavy atom. The predicted molar refractivity (Wildman–Crippen MR) is 73.2 cm³/mol. The summed E-state index contributed by atoms with van der Waals surface area (Å²) in [6.45, 7) is 14.0. The first-order valence-corrected chi connectivity index (χ1v) is 6.63. The van der Waals surface area contributed by atoms with Crippen LogP contribution in [0.5, 0.6) is 0 Å². The molecule has 0 amide bonds. The van der Waals surface area contributed by atoms with Crippen LogP contribution in [0.1, 0.15) is 64.8 Å². The molecule has 0 radical (unpaired) electrons. The maximum atomic E-state index is 4.61. The third kappa shape index (κ3) is 4.50. The van der Waals surface area contributed by atoms with Crippen LogP contribution in [0.4, 0.5) is 0 Å². The van der Waals surface area contributed by atoms with Crippen molar-refractivity contribution < 1.29 is 0 Å². The Bertz CT molecular complexity index is 347. The van der Waals surface area contributed by atoms with Crippen molar-refractivity contribution >= 4 is 0 Å². The second kappa shape index (κ2) is 5.67. The Hall–Kier alpha value is -0.830. The maximum absolute atomic E-state index is 4.61. The average molecular weight is 237 g/mol. The number of rotatable bonds is 5. The molecule has 98 valence electrons. The molecular weight excluding hydrogens is 210 g/mol. The molecule has 0 saturated carbocycles. The van der Waals surface area contributed by atoms with E-state index in [1.807, 2.05) is 0 Å². The monoisotopic (exact) mass is 237 g/mol. The van der Waals surface area contributed by atoms with Crippen molar-refractivity contribution in [3.05, 3.63) is 17.5 Å². The molecule has 1 atom stereocenters. The van der Waals surface area contributed by atoms with Crippen LogP contribution in [0.15, 0.2) is 6.20 Å². The Morgan fingerprint density at radius 3 is 2.59 bits per heavy atom. The minimum absolute atomic E-state index is 0.156. The molecule has 0 aliphatic carbocycles. The van der Waals surface area contributed by atoms with E-state index in [0.717, 1.165) is 12.2 Å². The third-order valence-electron chi connectivity index (χ3n) is 2.99. The lowest BCUT2D eigenvalue weighted by atomic mass is 10.1. The molecule has 1 aromatic rings. The summed E-state index contributed by atoms with van der Waals surface area (Å²) in [5.74, 6) is 0. The molecule has 0 spiro atoms. The summed E-state index contributed by atoms with van der Waals surface area (Å²) in [7, 11) is 0. The van der Waals surface area contributed by atoms with E-state index >= 15 is 0 Å². The second-order valence-electron chi connectivity index (χ2n) is 5.96. The highest BCUT2D eigenvalue weighted by Crippen LogP contribution is 2.15. The summed E-state index contributed by atoms with van der Waals surface area (Å²) in [5, 5.41) is 8.12. The summed E-state index contributed by atoms with van der Waals surface area (Å²) in [4.78, 5) is 0. The van der Waals surface area contributed by atoms with Gasteiger partial charge in [-0.3, -0.25) is 4.68 Å². The van der Waals surface area contributed by atoms with Crippen molar-refractivity contribution in [1.29, 1.82) is 0 Å². The van der Waals surface area contributed by atoms with E-state index < -0.39 is 0 Å². The van der Waals surface area contributed by atoms with Gasteiger partial charge in [0.05, 0.1) is 5.69 Å². The molecule has 0 aliphatic heterocycles. The summed E-state index contributed by atoms with van der Waals surface area (Å²) in [6, 6.07) is 0.502. The second-order valence-corrected chi connectivity index (χ2v) is 5.96. The van der Waals surface area contributed by atoms with Crippen LogP contribution >= 0.6 is 0 Å². The number of nitrogens with zero attached hydrogens (tertiary/aromatic N) is 2. The molecule has 1 heterocycles. The predicted octanol–water partition coefficient (Wildman–Crippen LogP) is 3.44. The van der Waals surface area contributed by atoms with Gasteiger partial charge < -0.3 is 5.32 Å². The highest BCUT2D eigenvalue weighted by atomic mass is 15.3. The number of hydrogen-bond acceptors (Lipinski definition) is 2. The van der Waals surface area contributed by atoms with Crippen molar-refractivity contribution in [3.8, 4) is 0 Å². The zero-order valence-corrected chi connectivity index (χ0v) is 12.2. The van der Waals surface area contributed by atoms with Crippen molar-refractivity contribution in [2.45, 2.75) is 72.5 Å². The van der Waals surface area contributed by atoms with Gasteiger partial charge in [-0.05, 0) is 41.0 Å². The Labute approximate surface area is 106 Å². The molecule has 0 saturated heterocycles. The van der Waals surface area contributed by atoms with Crippen LogP contribution in [0.2, 0.25) is 0 Å². The smallest absolute Gasteiger partial charge is 0.0638 e. The first-order chi connectivity index (χ1) is 7.83. The minimum Gasteiger partial charge on any atom is -0.308 e. The summed E-state index contributed by atoms with van der Waals surface area (Å²) >= 11 is 0. The zero-order chi connectivity index (χ0) is 13.1. The Kier molecular flexibility index (Phi) is 4.75. The number of nitrogens with one attached hydrogen (secondary N) is 1. The van der Waals surface area contributed by atoms with Gasteiger partial charge in [0, 0.05) is 29.9 Å². The quantitative estimate of drug-likeness (QED) is 0.850. The van der Waals surface area contributed by atoms with Gasteiger partial charge in [0.2, 0.25) is 0 Å². The van der Waals surface area contributed by atoms with Crippen LogP contribution in [-0.4, -0.2) is 15.3 Å². The Balaban J connectivity index is 2.68. The van der Waals surface area contributed by atoms with E-state index in [4.69, 9.17) is 0 Å². The molecule has 0 bridgehead atoms. The van der Waals surface area contributed by atoms with Gasteiger partial charge in [0.15, 0.2) is 0 Å². The van der Waals surface area contributed by atoms with Crippen molar-refractivity contribution in [3.63, 3.8) is 0 Å². The topological polar surface area (TPSA) is 29.9 Å². The molecule has 0 aliphatic rings. The van der Waals surface area contributed by atoms with Gasteiger partial charge in [-0.1, -0.05) is 13.3 Å². The lowest BCUT2D eigenvalue weighted by Gasteiger charge is -2.20. The van der Waals surface area contributed by atoms with Crippen molar-refractivity contribution in [1.82, 2.24) is 15.1 Å². The van der Waals surface area contributed by atoms with Gasteiger partial charge in [0.25, 0.3) is 0 Å². The third-order valence-corrected chi connectivity index (χ3v) is 2.99. The summed E-state index contributed by atoms with van der Waals surface area (Å²) in [5.41, 5.74) is 2.61. The fourth-order valence-corrected chi connectivity index (χ4v) is 1.83. The normalized spacial score (nSPS) is 14.0. The molecule has 0 aromatic carbocycles. The standard InChI is InChI=1S/C14H27N3/c1-7-8-11(2)17-10-13(12(3)16-17)9-15-14(4,5)6/h10-11,15H,7-9H2,1-6H3.